The van der Waals surface area contributed by atoms with Gasteiger partial charge in [-0.3, -0.25) is 0 Å². The molecule has 0 aliphatic rings. The Morgan fingerprint density at radius 3 is 3.07 bits per heavy atom. The third-order valence-corrected chi connectivity index (χ3v) is 1.86. The predicted octanol–water partition coefficient (Wildman–Crippen LogP) is 1.06. The van der Waals surface area contributed by atoms with Gasteiger partial charge in [0.15, 0.2) is 0 Å². The van der Waals surface area contributed by atoms with Crippen molar-refractivity contribution in [1.82, 2.24) is 9.97 Å². The number of nitrogens with zero attached hydrogens (tertiary/aromatic N) is 2. The van der Waals surface area contributed by atoms with Crippen molar-refractivity contribution in [2.45, 2.75) is 26.3 Å². The molecular formula is C10H17N3O2. The highest BCUT2D eigenvalue weighted by Crippen LogP contribution is 2.09. The second-order valence-electron chi connectivity index (χ2n) is 3.21. The van der Waals surface area contributed by atoms with E-state index in [1.165, 1.54) is 0 Å². The topological polar surface area (TPSA) is 67.3 Å². The second-order valence-corrected chi connectivity index (χ2v) is 3.21. The molecule has 5 heteroatoms. The number of nitrogens with one attached hydrogen (secondary N) is 1. The van der Waals surface area contributed by atoms with E-state index in [-0.39, 0.29) is 12.6 Å². The molecule has 0 fully saturated rings. The molecule has 1 rings (SSSR count). The van der Waals surface area contributed by atoms with Gasteiger partial charge in [-0.15, -0.1) is 0 Å². The van der Waals surface area contributed by atoms with Gasteiger partial charge in [-0.25, -0.2) is 4.98 Å². The molecule has 0 radical (unpaired) electrons. The normalized spacial score (nSPS) is 12.2. The Bertz CT molecular complexity index is 294. The summed E-state index contributed by atoms with van der Waals surface area (Å²) in [5, 5.41) is 11.8. The Morgan fingerprint density at radius 1 is 1.60 bits per heavy atom. The average molecular weight is 211 g/mol. The molecule has 0 aliphatic carbocycles. The smallest absolute Gasteiger partial charge is 0.226 e. The summed E-state index contributed by atoms with van der Waals surface area (Å²) in [5.41, 5.74) is 0. The van der Waals surface area contributed by atoms with Crippen LogP contribution < -0.4 is 10.1 Å². The van der Waals surface area contributed by atoms with Crippen LogP contribution >= 0.6 is 0 Å². The molecule has 0 saturated heterocycles. The molecule has 0 bridgehead atoms. The minimum absolute atomic E-state index is 0.145. The van der Waals surface area contributed by atoms with Crippen LogP contribution in [-0.4, -0.2) is 34.3 Å². The van der Waals surface area contributed by atoms with Crippen LogP contribution in [0.3, 0.4) is 0 Å². The van der Waals surface area contributed by atoms with Gasteiger partial charge in [0.2, 0.25) is 11.8 Å². The standard InChI is InChI=1S/C10H17N3O2/c1-3-15-9-4-6-11-10(13-9)12-8(2)5-7-14/h4,6,8,14H,3,5,7H2,1-2H3,(H,11,12,13). The highest BCUT2D eigenvalue weighted by Gasteiger charge is 2.04. The molecular weight excluding hydrogens is 194 g/mol. The highest BCUT2D eigenvalue weighted by molar-refractivity contribution is 5.28. The van der Waals surface area contributed by atoms with Gasteiger partial charge in [-0.1, -0.05) is 0 Å². The molecule has 5 nitrogen and oxygen atoms in total. The summed E-state index contributed by atoms with van der Waals surface area (Å²) in [6.07, 6.45) is 2.31. The number of aliphatic hydroxyl groups is 1. The molecule has 1 unspecified atom stereocenters. The number of rotatable bonds is 6. The van der Waals surface area contributed by atoms with Crippen LogP contribution in [-0.2, 0) is 0 Å². The van der Waals surface area contributed by atoms with E-state index in [2.05, 4.69) is 15.3 Å². The minimum atomic E-state index is 0.145. The Labute approximate surface area is 89.5 Å². The zero-order valence-electron chi connectivity index (χ0n) is 9.10. The third kappa shape index (κ3) is 4.12. The summed E-state index contributed by atoms with van der Waals surface area (Å²) in [6, 6.07) is 1.86. The first kappa shape index (κ1) is 11.7. The molecule has 1 heterocycles. The molecule has 1 aromatic rings. The van der Waals surface area contributed by atoms with Crippen LogP contribution in [0.4, 0.5) is 5.95 Å². The van der Waals surface area contributed by atoms with E-state index in [0.717, 1.165) is 0 Å². The highest BCUT2D eigenvalue weighted by atomic mass is 16.5. The van der Waals surface area contributed by atoms with Crippen molar-refractivity contribution in [2.24, 2.45) is 0 Å². The van der Waals surface area contributed by atoms with Gasteiger partial charge in [0.05, 0.1) is 6.61 Å². The molecule has 1 atom stereocenters. The molecule has 0 saturated carbocycles. The van der Waals surface area contributed by atoms with Crippen molar-refractivity contribution < 1.29 is 9.84 Å². The van der Waals surface area contributed by atoms with E-state index < -0.39 is 0 Å². The lowest BCUT2D eigenvalue weighted by Gasteiger charge is -2.12. The summed E-state index contributed by atoms with van der Waals surface area (Å²) in [7, 11) is 0. The van der Waals surface area contributed by atoms with Crippen molar-refractivity contribution in [3.63, 3.8) is 0 Å². The molecule has 1 aromatic heterocycles. The summed E-state index contributed by atoms with van der Waals surface area (Å²) in [6.45, 7) is 4.61. The third-order valence-electron chi connectivity index (χ3n) is 1.86. The number of aliphatic hydroxyl groups excluding tert-OH is 1. The van der Waals surface area contributed by atoms with Crippen molar-refractivity contribution in [3.05, 3.63) is 12.3 Å². The molecule has 0 aromatic carbocycles. The summed E-state index contributed by atoms with van der Waals surface area (Å²) >= 11 is 0. The lowest BCUT2D eigenvalue weighted by molar-refractivity contribution is 0.282. The number of hydrogen-bond acceptors (Lipinski definition) is 5. The Hall–Kier alpha value is -1.36. The summed E-state index contributed by atoms with van der Waals surface area (Å²) in [5.74, 6) is 1.09. The van der Waals surface area contributed by atoms with Crippen molar-refractivity contribution >= 4 is 5.95 Å². The predicted molar refractivity (Wildman–Crippen MR) is 58.0 cm³/mol. The maximum Gasteiger partial charge on any atom is 0.226 e. The summed E-state index contributed by atoms with van der Waals surface area (Å²) in [4.78, 5) is 8.22. The van der Waals surface area contributed by atoms with Gasteiger partial charge in [-0.05, 0) is 20.3 Å². The van der Waals surface area contributed by atoms with Gasteiger partial charge >= 0.3 is 0 Å². The first-order valence-electron chi connectivity index (χ1n) is 5.09. The number of hydrogen-bond donors (Lipinski definition) is 2. The van der Waals surface area contributed by atoms with Crippen LogP contribution in [0.25, 0.3) is 0 Å². The monoisotopic (exact) mass is 211 g/mol. The number of anilines is 1. The van der Waals surface area contributed by atoms with Crippen molar-refractivity contribution in [3.8, 4) is 5.88 Å². The fourth-order valence-corrected chi connectivity index (χ4v) is 1.13. The average Bonchev–Trinajstić information content (AvgIpc) is 2.19. The Morgan fingerprint density at radius 2 is 2.40 bits per heavy atom. The van der Waals surface area contributed by atoms with Crippen LogP contribution in [0, 0.1) is 0 Å². The van der Waals surface area contributed by atoms with Crippen molar-refractivity contribution in [2.75, 3.05) is 18.5 Å². The van der Waals surface area contributed by atoms with Gasteiger partial charge in [-0.2, -0.15) is 4.98 Å². The lowest BCUT2D eigenvalue weighted by atomic mass is 10.2. The number of aromatic nitrogens is 2. The van der Waals surface area contributed by atoms with E-state index in [0.29, 0.717) is 24.9 Å². The van der Waals surface area contributed by atoms with Crippen LogP contribution in [0.15, 0.2) is 12.3 Å². The molecule has 0 aliphatic heterocycles. The maximum absolute atomic E-state index is 8.75. The fourth-order valence-electron chi connectivity index (χ4n) is 1.13. The molecule has 84 valence electrons. The lowest BCUT2D eigenvalue weighted by Crippen LogP contribution is -2.18. The van der Waals surface area contributed by atoms with Crippen LogP contribution in [0.1, 0.15) is 20.3 Å². The molecule has 15 heavy (non-hydrogen) atoms. The van der Waals surface area contributed by atoms with E-state index in [9.17, 15) is 0 Å². The van der Waals surface area contributed by atoms with Crippen LogP contribution in [0.5, 0.6) is 5.88 Å². The number of ether oxygens (including phenoxy) is 1. The quantitative estimate of drug-likeness (QED) is 0.736. The Balaban J connectivity index is 2.56. The van der Waals surface area contributed by atoms with Gasteiger partial charge in [0.25, 0.3) is 0 Å². The van der Waals surface area contributed by atoms with Crippen LogP contribution in [0.2, 0.25) is 0 Å². The Kier molecular flexibility index (Phi) is 4.83. The molecule has 0 amide bonds. The first-order chi connectivity index (χ1) is 7.26. The first-order valence-corrected chi connectivity index (χ1v) is 5.09. The fraction of sp³-hybridized carbons (Fsp3) is 0.600. The minimum Gasteiger partial charge on any atom is -0.478 e. The summed E-state index contributed by atoms with van der Waals surface area (Å²) < 4.78 is 5.25. The largest absolute Gasteiger partial charge is 0.478 e. The zero-order valence-corrected chi connectivity index (χ0v) is 9.10. The zero-order chi connectivity index (χ0) is 11.1. The van der Waals surface area contributed by atoms with E-state index in [1.54, 1.807) is 12.3 Å². The SMILES string of the molecule is CCOc1ccnc(NC(C)CCO)n1. The van der Waals surface area contributed by atoms with E-state index in [4.69, 9.17) is 9.84 Å². The van der Waals surface area contributed by atoms with E-state index in [1.807, 2.05) is 13.8 Å². The molecule has 0 spiro atoms. The van der Waals surface area contributed by atoms with Gasteiger partial charge in [0, 0.05) is 24.9 Å². The second kappa shape index (κ2) is 6.19. The maximum atomic E-state index is 8.75. The molecule has 2 N–H and O–H groups in total. The van der Waals surface area contributed by atoms with Crippen molar-refractivity contribution in [1.29, 1.82) is 0 Å². The van der Waals surface area contributed by atoms with Gasteiger partial charge < -0.3 is 15.2 Å². The van der Waals surface area contributed by atoms with Gasteiger partial charge in [0.1, 0.15) is 0 Å². The van der Waals surface area contributed by atoms with E-state index >= 15 is 0 Å².